The number of aromatic nitrogens is 3. The van der Waals surface area contributed by atoms with Crippen LogP contribution in [-0.2, 0) is 0 Å². The van der Waals surface area contributed by atoms with Crippen LogP contribution in [0.25, 0.3) is 22.6 Å². The van der Waals surface area contributed by atoms with Gasteiger partial charge in [-0.25, -0.2) is 14.4 Å². The largest absolute Gasteiger partial charge is 0.363 e. The summed E-state index contributed by atoms with van der Waals surface area (Å²) in [5, 5.41) is 0. The molecule has 1 N–H and O–H groups in total. The summed E-state index contributed by atoms with van der Waals surface area (Å²) in [5.74, 6) is 1.18. The van der Waals surface area contributed by atoms with Crippen LogP contribution in [0, 0.1) is 5.82 Å². The summed E-state index contributed by atoms with van der Waals surface area (Å²) in [5.41, 5.74) is 2.18. The van der Waals surface area contributed by atoms with E-state index < -0.39 is 0 Å². The fourth-order valence-electron chi connectivity index (χ4n) is 1.90. The zero-order chi connectivity index (χ0) is 13.4. The summed E-state index contributed by atoms with van der Waals surface area (Å²) < 4.78 is 13.2. The van der Waals surface area contributed by atoms with Gasteiger partial charge in [-0.3, -0.25) is 0 Å². The fraction of sp³-hybridized carbons (Fsp3) is 0.143. The van der Waals surface area contributed by atoms with E-state index in [1.54, 1.807) is 6.07 Å². The highest BCUT2D eigenvalue weighted by Crippen LogP contribution is 2.21. The van der Waals surface area contributed by atoms with Crippen LogP contribution in [0.3, 0.4) is 0 Å². The molecule has 19 heavy (non-hydrogen) atoms. The lowest BCUT2D eigenvalue weighted by Gasteiger charge is -2.09. The lowest BCUT2D eigenvalue weighted by atomic mass is 10.2. The first-order valence-electron chi connectivity index (χ1n) is 5.93. The molecule has 0 aliphatic heterocycles. The molecule has 0 radical (unpaired) electrons. The fourth-order valence-corrected chi connectivity index (χ4v) is 1.90. The standard InChI is InChI=1S/C14H13FN4/c1-19(2)12-7-6-11-14(17-12)18-13(16-11)9-4-3-5-10(15)8-9/h3-8H,1-2H3,(H,16,17,18). The maximum Gasteiger partial charge on any atom is 0.180 e. The molecule has 0 saturated heterocycles. The van der Waals surface area contributed by atoms with Crippen molar-refractivity contribution in [1.82, 2.24) is 15.0 Å². The number of pyridine rings is 1. The normalized spacial score (nSPS) is 10.9. The lowest BCUT2D eigenvalue weighted by Crippen LogP contribution is -2.10. The third-order valence-corrected chi connectivity index (χ3v) is 2.89. The number of hydrogen-bond donors (Lipinski definition) is 1. The number of rotatable bonds is 2. The van der Waals surface area contributed by atoms with Crippen molar-refractivity contribution < 1.29 is 4.39 Å². The number of anilines is 1. The molecule has 1 aromatic carbocycles. The van der Waals surface area contributed by atoms with Gasteiger partial charge in [-0.1, -0.05) is 12.1 Å². The molecule has 0 aliphatic carbocycles. The minimum Gasteiger partial charge on any atom is -0.363 e. The molecule has 2 aromatic heterocycles. The smallest absolute Gasteiger partial charge is 0.180 e. The summed E-state index contributed by atoms with van der Waals surface area (Å²) in [7, 11) is 3.85. The second-order valence-corrected chi connectivity index (χ2v) is 4.53. The van der Waals surface area contributed by atoms with Gasteiger partial charge in [-0.05, 0) is 24.3 Å². The Morgan fingerprint density at radius 2 is 1.95 bits per heavy atom. The van der Waals surface area contributed by atoms with Gasteiger partial charge < -0.3 is 9.88 Å². The van der Waals surface area contributed by atoms with E-state index in [0.717, 1.165) is 11.3 Å². The van der Waals surface area contributed by atoms with E-state index in [-0.39, 0.29) is 5.82 Å². The van der Waals surface area contributed by atoms with Crippen LogP contribution in [0.5, 0.6) is 0 Å². The maximum absolute atomic E-state index is 13.2. The quantitative estimate of drug-likeness (QED) is 0.766. The van der Waals surface area contributed by atoms with Crippen LogP contribution < -0.4 is 4.90 Å². The SMILES string of the molecule is CN(C)c1ccc2[nH]c(-c3cccc(F)c3)nc2n1. The Balaban J connectivity index is 2.11. The summed E-state index contributed by atoms with van der Waals surface area (Å²) in [4.78, 5) is 13.9. The summed E-state index contributed by atoms with van der Waals surface area (Å²) in [6.07, 6.45) is 0. The van der Waals surface area contributed by atoms with Gasteiger partial charge in [0, 0.05) is 19.7 Å². The first kappa shape index (κ1) is 11.6. The zero-order valence-electron chi connectivity index (χ0n) is 10.7. The van der Waals surface area contributed by atoms with E-state index >= 15 is 0 Å². The predicted molar refractivity (Wildman–Crippen MR) is 73.6 cm³/mol. The third kappa shape index (κ3) is 2.14. The number of benzene rings is 1. The third-order valence-electron chi connectivity index (χ3n) is 2.89. The molecule has 3 rings (SSSR count). The van der Waals surface area contributed by atoms with Crippen molar-refractivity contribution in [1.29, 1.82) is 0 Å². The van der Waals surface area contributed by atoms with E-state index in [4.69, 9.17) is 0 Å². The Labute approximate surface area is 109 Å². The Morgan fingerprint density at radius 3 is 2.68 bits per heavy atom. The average Bonchev–Trinajstić information content (AvgIpc) is 2.81. The molecule has 4 nitrogen and oxygen atoms in total. The molecule has 0 amide bonds. The number of hydrogen-bond acceptors (Lipinski definition) is 3. The minimum atomic E-state index is -0.278. The van der Waals surface area contributed by atoms with Crippen LogP contribution in [0.15, 0.2) is 36.4 Å². The molecule has 2 heterocycles. The highest BCUT2D eigenvalue weighted by Gasteiger charge is 2.08. The first-order chi connectivity index (χ1) is 9.13. The highest BCUT2D eigenvalue weighted by atomic mass is 19.1. The second-order valence-electron chi connectivity index (χ2n) is 4.53. The molecule has 0 unspecified atom stereocenters. The van der Waals surface area contributed by atoms with Crippen LogP contribution in [0.1, 0.15) is 0 Å². The van der Waals surface area contributed by atoms with Gasteiger partial charge in [-0.15, -0.1) is 0 Å². The summed E-state index contributed by atoms with van der Waals surface area (Å²) >= 11 is 0. The van der Waals surface area contributed by atoms with Crippen molar-refractivity contribution in [3.8, 4) is 11.4 Å². The van der Waals surface area contributed by atoms with Crippen LogP contribution in [0.4, 0.5) is 10.2 Å². The number of H-pyrrole nitrogens is 1. The van der Waals surface area contributed by atoms with Gasteiger partial charge in [0.15, 0.2) is 5.65 Å². The van der Waals surface area contributed by atoms with Crippen molar-refractivity contribution in [2.24, 2.45) is 0 Å². The number of halogens is 1. The first-order valence-corrected chi connectivity index (χ1v) is 5.93. The van der Waals surface area contributed by atoms with E-state index in [1.165, 1.54) is 12.1 Å². The lowest BCUT2D eigenvalue weighted by molar-refractivity contribution is 0.628. The van der Waals surface area contributed by atoms with Gasteiger partial charge in [0.2, 0.25) is 0 Å². The molecule has 0 fully saturated rings. The minimum absolute atomic E-state index is 0.278. The highest BCUT2D eigenvalue weighted by molar-refractivity contribution is 5.77. The molecular weight excluding hydrogens is 243 g/mol. The van der Waals surface area contributed by atoms with Gasteiger partial charge in [0.25, 0.3) is 0 Å². The van der Waals surface area contributed by atoms with Gasteiger partial charge >= 0.3 is 0 Å². The predicted octanol–water partition coefficient (Wildman–Crippen LogP) is 2.83. The Bertz CT molecular complexity index is 733. The summed E-state index contributed by atoms with van der Waals surface area (Å²) in [6.45, 7) is 0. The Kier molecular flexibility index (Phi) is 2.67. The van der Waals surface area contributed by atoms with Crippen LogP contribution in [0.2, 0.25) is 0 Å². The molecule has 0 spiro atoms. The Morgan fingerprint density at radius 1 is 1.11 bits per heavy atom. The number of nitrogens with zero attached hydrogens (tertiary/aromatic N) is 3. The number of nitrogens with one attached hydrogen (secondary N) is 1. The molecular formula is C14H13FN4. The van der Waals surface area contributed by atoms with Crippen molar-refractivity contribution >= 4 is 17.0 Å². The van der Waals surface area contributed by atoms with E-state index in [9.17, 15) is 4.39 Å². The van der Waals surface area contributed by atoms with Crippen molar-refractivity contribution in [2.45, 2.75) is 0 Å². The van der Waals surface area contributed by atoms with Gasteiger partial charge in [0.1, 0.15) is 17.5 Å². The van der Waals surface area contributed by atoms with Crippen molar-refractivity contribution in [3.63, 3.8) is 0 Å². The van der Waals surface area contributed by atoms with Gasteiger partial charge in [-0.2, -0.15) is 0 Å². The average molecular weight is 256 g/mol. The number of fused-ring (bicyclic) bond motifs is 1. The van der Waals surface area contributed by atoms with E-state index in [2.05, 4.69) is 15.0 Å². The van der Waals surface area contributed by atoms with E-state index in [1.807, 2.05) is 37.2 Å². The summed E-state index contributed by atoms with van der Waals surface area (Å²) in [6, 6.07) is 10.2. The van der Waals surface area contributed by atoms with Crippen LogP contribution >= 0.6 is 0 Å². The van der Waals surface area contributed by atoms with Gasteiger partial charge in [0.05, 0.1) is 5.52 Å². The van der Waals surface area contributed by atoms with Crippen molar-refractivity contribution in [3.05, 3.63) is 42.2 Å². The molecule has 0 bridgehead atoms. The molecule has 0 saturated carbocycles. The van der Waals surface area contributed by atoms with Crippen molar-refractivity contribution in [2.75, 3.05) is 19.0 Å². The molecule has 5 heteroatoms. The number of imidazole rings is 1. The zero-order valence-corrected chi connectivity index (χ0v) is 10.7. The Hall–Kier alpha value is -2.43. The maximum atomic E-state index is 13.2. The van der Waals surface area contributed by atoms with Crippen LogP contribution in [-0.4, -0.2) is 29.0 Å². The molecule has 96 valence electrons. The van der Waals surface area contributed by atoms with E-state index in [0.29, 0.717) is 17.0 Å². The molecule has 0 atom stereocenters. The topological polar surface area (TPSA) is 44.8 Å². The molecule has 3 aromatic rings. The number of aromatic amines is 1. The molecule has 0 aliphatic rings. The monoisotopic (exact) mass is 256 g/mol. The second kappa shape index (κ2) is 4.35.